The highest BCUT2D eigenvalue weighted by atomic mass is 79.9. The van der Waals surface area contributed by atoms with E-state index in [1.807, 2.05) is 29.2 Å². The zero-order valence-electron chi connectivity index (χ0n) is 11.3. The summed E-state index contributed by atoms with van der Waals surface area (Å²) in [6.45, 7) is 3.75. The summed E-state index contributed by atoms with van der Waals surface area (Å²) in [5.41, 5.74) is 0.762. The van der Waals surface area contributed by atoms with Crippen LogP contribution in [0.15, 0.2) is 33.2 Å². The first-order valence-corrected chi connectivity index (χ1v) is 7.69. The van der Waals surface area contributed by atoms with Crippen molar-refractivity contribution in [2.45, 2.75) is 0 Å². The Balaban J connectivity index is 0.00000132. The normalized spacial score (nSPS) is 24.1. The number of rotatable bonds is 1. The van der Waals surface area contributed by atoms with Gasteiger partial charge in [0.1, 0.15) is 5.58 Å². The van der Waals surface area contributed by atoms with E-state index in [1.54, 1.807) is 0 Å². The van der Waals surface area contributed by atoms with Gasteiger partial charge in [-0.3, -0.25) is 4.79 Å². The smallest absolute Gasteiger partial charge is 0.289 e. The van der Waals surface area contributed by atoms with Crippen molar-refractivity contribution >= 4 is 45.2 Å². The molecule has 0 spiro atoms. The van der Waals surface area contributed by atoms with Gasteiger partial charge in [-0.1, -0.05) is 15.9 Å². The first-order valence-electron chi connectivity index (χ1n) is 6.90. The Morgan fingerprint density at radius 2 is 1.95 bits per heavy atom. The maximum Gasteiger partial charge on any atom is 0.289 e. The van der Waals surface area contributed by atoms with Gasteiger partial charge >= 0.3 is 0 Å². The van der Waals surface area contributed by atoms with Crippen LogP contribution < -0.4 is 5.32 Å². The molecule has 2 aliphatic heterocycles. The molecule has 6 heteroatoms. The largest absolute Gasteiger partial charge is 0.451 e. The summed E-state index contributed by atoms with van der Waals surface area (Å²) < 4.78 is 6.68. The minimum Gasteiger partial charge on any atom is -0.451 e. The van der Waals surface area contributed by atoms with E-state index >= 15 is 0 Å². The lowest BCUT2D eigenvalue weighted by Gasteiger charge is -2.15. The number of hydrogen-bond acceptors (Lipinski definition) is 3. The number of halogens is 2. The number of likely N-dealkylation sites (tertiary alicyclic amines) is 1. The van der Waals surface area contributed by atoms with E-state index in [1.165, 1.54) is 0 Å². The van der Waals surface area contributed by atoms with Crippen LogP contribution in [0.25, 0.3) is 11.0 Å². The molecule has 0 saturated carbocycles. The molecule has 3 heterocycles. The molecule has 2 saturated heterocycles. The maximum atomic E-state index is 12.5. The van der Waals surface area contributed by atoms with Gasteiger partial charge in [0.05, 0.1) is 0 Å². The Kier molecular flexibility index (Phi) is 3.99. The van der Waals surface area contributed by atoms with Gasteiger partial charge in [0.2, 0.25) is 0 Å². The Morgan fingerprint density at radius 1 is 1.24 bits per heavy atom. The molecule has 2 fully saturated rings. The number of nitrogens with one attached hydrogen (secondary N) is 1. The van der Waals surface area contributed by atoms with Crippen LogP contribution in [0.4, 0.5) is 0 Å². The zero-order valence-corrected chi connectivity index (χ0v) is 13.7. The van der Waals surface area contributed by atoms with Crippen molar-refractivity contribution in [3.05, 3.63) is 34.5 Å². The van der Waals surface area contributed by atoms with Crippen LogP contribution in [0.3, 0.4) is 0 Å². The number of furan rings is 1. The summed E-state index contributed by atoms with van der Waals surface area (Å²) in [5, 5.41) is 4.35. The topological polar surface area (TPSA) is 45.5 Å². The molecule has 1 amide bonds. The van der Waals surface area contributed by atoms with E-state index in [4.69, 9.17) is 4.42 Å². The van der Waals surface area contributed by atoms with E-state index in [-0.39, 0.29) is 18.3 Å². The number of hydrogen-bond donors (Lipinski definition) is 1. The summed E-state index contributed by atoms with van der Waals surface area (Å²) >= 11 is 3.43. The van der Waals surface area contributed by atoms with Gasteiger partial charge in [-0.05, 0) is 36.1 Å². The van der Waals surface area contributed by atoms with Crippen molar-refractivity contribution in [2.75, 3.05) is 26.2 Å². The fourth-order valence-electron chi connectivity index (χ4n) is 3.30. The number of carbonyl (C=O) groups excluding carboxylic acids is 1. The van der Waals surface area contributed by atoms with Crippen LogP contribution in [-0.2, 0) is 0 Å². The second kappa shape index (κ2) is 5.63. The van der Waals surface area contributed by atoms with Crippen molar-refractivity contribution in [1.82, 2.24) is 10.2 Å². The first-order chi connectivity index (χ1) is 9.70. The van der Waals surface area contributed by atoms with E-state index < -0.39 is 0 Å². The molecule has 2 aromatic rings. The van der Waals surface area contributed by atoms with Gasteiger partial charge in [0.25, 0.3) is 5.91 Å². The molecule has 0 bridgehead atoms. The Hall–Kier alpha value is -1.04. The predicted molar refractivity (Wildman–Crippen MR) is 86.9 cm³/mol. The summed E-state index contributed by atoms with van der Waals surface area (Å²) in [4.78, 5) is 14.5. The van der Waals surface area contributed by atoms with Gasteiger partial charge in [0, 0.05) is 36.0 Å². The minimum atomic E-state index is 0. The second-order valence-electron chi connectivity index (χ2n) is 5.68. The van der Waals surface area contributed by atoms with Crippen molar-refractivity contribution in [2.24, 2.45) is 11.8 Å². The maximum absolute atomic E-state index is 12.5. The predicted octanol–water partition coefficient (Wildman–Crippen LogP) is 2.91. The van der Waals surface area contributed by atoms with Gasteiger partial charge in [-0.2, -0.15) is 0 Å². The summed E-state index contributed by atoms with van der Waals surface area (Å²) in [6.07, 6.45) is 0. The summed E-state index contributed by atoms with van der Waals surface area (Å²) in [7, 11) is 0. The number of amides is 1. The Morgan fingerprint density at radius 3 is 2.67 bits per heavy atom. The molecule has 2 aliphatic rings. The monoisotopic (exact) mass is 370 g/mol. The molecule has 1 aromatic heterocycles. The molecule has 0 unspecified atom stereocenters. The lowest BCUT2D eigenvalue weighted by molar-refractivity contribution is 0.0752. The highest BCUT2D eigenvalue weighted by Crippen LogP contribution is 2.29. The average molecular weight is 372 g/mol. The third-order valence-electron chi connectivity index (χ3n) is 4.37. The molecule has 0 aliphatic carbocycles. The van der Waals surface area contributed by atoms with Gasteiger partial charge in [-0.25, -0.2) is 0 Å². The standard InChI is InChI=1S/C15H15BrN2O2.ClH/c16-12-1-2-13-9(3-12)4-14(20-13)15(19)18-7-10-5-17-6-11(10)8-18;/h1-4,10-11,17H,5-8H2;1H/t10-,11+;. The number of fused-ring (bicyclic) bond motifs is 2. The van der Waals surface area contributed by atoms with Crippen LogP contribution in [0.1, 0.15) is 10.6 Å². The molecule has 112 valence electrons. The van der Waals surface area contributed by atoms with Crippen LogP contribution in [0.2, 0.25) is 0 Å². The van der Waals surface area contributed by atoms with Crippen LogP contribution in [-0.4, -0.2) is 37.0 Å². The number of carbonyl (C=O) groups is 1. The van der Waals surface area contributed by atoms with Crippen molar-refractivity contribution in [1.29, 1.82) is 0 Å². The molecule has 1 N–H and O–H groups in total. The summed E-state index contributed by atoms with van der Waals surface area (Å²) in [5.74, 6) is 1.69. The average Bonchev–Trinajstić information content (AvgIpc) is 3.10. The first kappa shape index (κ1) is 14.9. The van der Waals surface area contributed by atoms with Crippen LogP contribution in [0.5, 0.6) is 0 Å². The SMILES string of the molecule is Cl.O=C(c1cc2cc(Br)ccc2o1)N1C[C@H]2CNC[C@H]2C1. The van der Waals surface area contributed by atoms with E-state index in [2.05, 4.69) is 21.2 Å². The molecule has 1 aromatic carbocycles. The van der Waals surface area contributed by atoms with Crippen molar-refractivity contribution in [3.63, 3.8) is 0 Å². The second-order valence-corrected chi connectivity index (χ2v) is 6.60. The third-order valence-corrected chi connectivity index (χ3v) is 4.86. The van der Waals surface area contributed by atoms with Gasteiger partial charge in [0.15, 0.2) is 5.76 Å². The minimum absolute atomic E-state index is 0. The van der Waals surface area contributed by atoms with Crippen LogP contribution >= 0.6 is 28.3 Å². The lowest BCUT2D eigenvalue weighted by Crippen LogP contribution is -2.31. The molecule has 2 atom stereocenters. The van der Waals surface area contributed by atoms with E-state index in [9.17, 15) is 4.79 Å². The highest BCUT2D eigenvalue weighted by Gasteiger charge is 2.38. The molecular formula is C15H16BrClN2O2. The van der Waals surface area contributed by atoms with Crippen molar-refractivity contribution < 1.29 is 9.21 Å². The van der Waals surface area contributed by atoms with Crippen LogP contribution in [0, 0.1) is 11.8 Å². The van der Waals surface area contributed by atoms with E-state index in [0.717, 1.165) is 41.6 Å². The zero-order chi connectivity index (χ0) is 13.7. The Bertz CT molecular complexity index is 675. The number of nitrogens with zero attached hydrogens (tertiary/aromatic N) is 1. The van der Waals surface area contributed by atoms with Gasteiger partial charge in [-0.15, -0.1) is 12.4 Å². The Labute approximate surface area is 137 Å². The van der Waals surface area contributed by atoms with E-state index in [0.29, 0.717) is 17.6 Å². The molecule has 0 radical (unpaired) electrons. The lowest BCUT2D eigenvalue weighted by atomic mass is 10.0. The molecule has 4 nitrogen and oxygen atoms in total. The quantitative estimate of drug-likeness (QED) is 0.838. The highest BCUT2D eigenvalue weighted by molar-refractivity contribution is 9.10. The fourth-order valence-corrected chi connectivity index (χ4v) is 3.68. The summed E-state index contributed by atoms with van der Waals surface area (Å²) in [6, 6.07) is 7.62. The number of benzene rings is 1. The fraction of sp³-hybridized carbons (Fsp3) is 0.400. The molecular weight excluding hydrogens is 356 g/mol. The van der Waals surface area contributed by atoms with Gasteiger partial charge < -0.3 is 14.6 Å². The molecule has 21 heavy (non-hydrogen) atoms. The van der Waals surface area contributed by atoms with Crippen molar-refractivity contribution in [3.8, 4) is 0 Å². The third kappa shape index (κ3) is 2.58. The molecule has 4 rings (SSSR count).